The molecular formula is C11H15ClN2O. The first-order valence-electron chi connectivity index (χ1n) is 4.83. The van der Waals surface area contributed by atoms with Crippen molar-refractivity contribution in [2.45, 2.75) is 26.4 Å². The smallest absolute Gasteiger partial charge is 0.152 e. The summed E-state index contributed by atoms with van der Waals surface area (Å²) in [6, 6.07) is 5.45. The molecule has 0 aliphatic heterocycles. The summed E-state index contributed by atoms with van der Waals surface area (Å²) in [5, 5.41) is 7.95. The summed E-state index contributed by atoms with van der Waals surface area (Å²) in [7, 11) is 0. The normalized spacial score (nSPS) is 12.2. The average Bonchev–Trinajstić information content (AvgIpc) is 2.20. The minimum absolute atomic E-state index is 0.0167. The highest BCUT2D eigenvalue weighted by Crippen LogP contribution is 2.23. The number of halogens is 1. The van der Waals surface area contributed by atoms with E-state index in [4.69, 9.17) is 27.5 Å². The van der Waals surface area contributed by atoms with Gasteiger partial charge in [0.2, 0.25) is 0 Å². The Bertz CT molecular complexity index is 366. The summed E-state index contributed by atoms with van der Waals surface area (Å²) in [6.07, 6.45) is 0.445. The zero-order valence-corrected chi connectivity index (χ0v) is 9.64. The van der Waals surface area contributed by atoms with Gasteiger partial charge in [-0.3, -0.25) is 5.41 Å². The second-order valence-corrected chi connectivity index (χ2v) is 3.73. The Morgan fingerprint density at radius 1 is 1.60 bits per heavy atom. The third-order valence-corrected chi connectivity index (χ3v) is 2.52. The van der Waals surface area contributed by atoms with Crippen LogP contribution in [0.15, 0.2) is 18.2 Å². The molecule has 1 aromatic rings. The van der Waals surface area contributed by atoms with E-state index in [2.05, 4.69) is 0 Å². The number of nitrogens with two attached hydrogens (primary N) is 1. The van der Waals surface area contributed by atoms with Crippen LogP contribution in [-0.4, -0.2) is 11.9 Å². The Morgan fingerprint density at radius 3 is 2.80 bits per heavy atom. The van der Waals surface area contributed by atoms with Gasteiger partial charge in [-0.25, -0.2) is 0 Å². The number of amidine groups is 1. The highest BCUT2D eigenvalue weighted by Gasteiger charge is 2.08. The van der Waals surface area contributed by atoms with Crippen LogP contribution in [-0.2, 0) is 6.42 Å². The SMILES string of the molecule is CCc1cc(OC(C)C(=N)N)ccc1Cl. The predicted molar refractivity (Wildman–Crippen MR) is 62.8 cm³/mol. The van der Waals surface area contributed by atoms with Gasteiger partial charge in [0.25, 0.3) is 0 Å². The van der Waals surface area contributed by atoms with Crippen molar-refractivity contribution >= 4 is 17.4 Å². The van der Waals surface area contributed by atoms with Crippen LogP contribution in [0, 0.1) is 5.41 Å². The first kappa shape index (κ1) is 11.9. The Kier molecular flexibility index (Phi) is 3.97. The molecule has 0 aliphatic rings. The van der Waals surface area contributed by atoms with E-state index in [1.165, 1.54) is 0 Å². The second-order valence-electron chi connectivity index (χ2n) is 3.32. The van der Waals surface area contributed by atoms with Crippen molar-refractivity contribution in [2.24, 2.45) is 5.73 Å². The van der Waals surface area contributed by atoms with Gasteiger partial charge in [0.15, 0.2) is 6.10 Å². The molecule has 0 saturated heterocycles. The Labute approximate surface area is 94.7 Å². The number of hydrogen-bond acceptors (Lipinski definition) is 2. The topological polar surface area (TPSA) is 59.1 Å². The highest BCUT2D eigenvalue weighted by molar-refractivity contribution is 6.31. The molecule has 4 heteroatoms. The van der Waals surface area contributed by atoms with Crippen LogP contribution in [0.5, 0.6) is 5.75 Å². The molecule has 0 bridgehead atoms. The molecule has 0 aromatic heterocycles. The molecule has 0 heterocycles. The van der Waals surface area contributed by atoms with E-state index >= 15 is 0 Å². The minimum atomic E-state index is -0.407. The molecule has 0 aliphatic carbocycles. The predicted octanol–water partition coefficient (Wildman–Crippen LogP) is 2.61. The average molecular weight is 227 g/mol. The summed E-state index contributed by atoms with van der Waals surface area (Å²) in [4.78, 5) is 0. The van der Waals surface area contributed by atoms with E-state index in [-0.39, 0.29) is 5.84 Å². The third kappa shape index (κ3) is 3.13. The fourth-order valence-corrected chi connectivity index (χ4v) is 1.41. The van der Waals surface area contributed by atoms with Crippen LogP contribution < -0.4 is 10.5 Å². The van der Waals surface area contributed by atoms with E-state index in [0.717, 1.165) is 17.0 Å². The van der Waals surface area contributed by atoms with Crippen LogP contribution in [0.25, 0.3) is 0 Å². The van der Waals surface area contributed by atoms with Crippen molar-refractivity contribution in [1.82, 2.24) is 0 Å². The molecule has 0 radical (unpaired) electrons. The van der Waals surface area contributed by atoms with Crippen molar-refractivity contribution in [3.63, 3.8) is 0 Å². The molecule has 15 heavy (non-hydrogen) atoms. The molecule has 3 N–H and O–H groups in total. The lowest BCUT2D eigenvalue weighted by Crippen LogP contribution is -2.30. The molecule has 0 fully saturated rings. The van der Waals surface area contributed by atoms with Crippen molar-refractivity contribution < 1.29 is 4.74 Å². The van der Waals surface area contributed by atoms with Gasteiger partial charge in [0.05, 0.1) is 0 Å². The number of nitrogens with one attached hydrogen (secondary N) is 1. The zero-order valence-electron chi connectivity index (χ0n) is 8.88. The van der Waals surface area contributed by atoms with Crippen LogP contribution in [0.2, 0.25) is 5.02 Å². The van der Waals surface area contributed by atoms with E-state index in [1.807, 2.05) is 13.0 Å². The lowest BCUT2D eigenvalue weighted by Gasteiger charge is -2.14. The molecule has 1 aromatic carbocycles. The van der Waals surface area contributed by atoms with Gasteiger partial charge >= 0.3 is 0 Å². The quantitative estimate of drug-likeness (QED) is 0.613. The molecular weight excluding hydrogens is 212 g/mol. The Hall–Kier alpha value is -1.22. The highest BCUT2D eigenvalue weighted by atomic mass is 35.5. The van der Waals surface area contributed by atoms with E-state index in [1.54, 1.807) is 19.1 Å². The lowest BCUT2D eigenvalue weighted by atomic mass is 10.1. The van der Waals surface area contributed by atoms with Gasteiger partial charge in [-0.15, -0.1) is 0 Å². The van der Waals surface area contributed by atoms with Gasteiger partial charge < -0.3 is 10.5 Å². The first-order valence-corrected chi connectivity index (χ1v) is 5.21. The Balaban J connectivity index is 2.83. The molecule has 3 nitrogen and oxygen atoms in total. The molecule has 1 rings (SSSR count). The van der Waals surface area contributed by atoms with Gasteiger partial charge in [0, 0.05) is 5.02 Å². The maximum Gasteiger partial charge on any atom is 0.152 e. The third-order valence-electron chi connectivity index (χ3n) is 2.15. The maximum absolute atomic E-state index is 7.22. The number of hydrogen-bond donors (Lipinski definition) is 2. The van der Waals surface area contributed by atoms with Crippen molar-refractivity contribution in [3.8, 4) is 5.75 Å². The fourth-order valence-electron chi connectivity index (χ4n) is 1.16. The molecule has 0 saturated carbocycles. The van der Waals surface area contributed by atoms with Gasteiger partial charge in [-0.1, -0.05) is 18.5 Å². The van der Waals surface area contributed by atoms with Gasteiger partial charge in [0.1, 0.15) is 11.6 Å². The van der Waals surface area contributed by atoms with E-state index < -0.39 is 6.10 Å². The number of benzene rings is 1. The van der Waals surface area contributed by atoms with Gasteiger partial charge in [-0.05, 0) is 37.1 Å². The number of rotatable bonds is 4. The summed E-state index contributed by atoms with van der Waals surface area (Å²) in [6.45, 7) is 3.77. The zero-order chi connectivity index (χ0) is 11.4. The van der Waals surface area contributed by atoms with Crippen LogP contribution in [0.1, 0.15) is 19.4 Å². The standard InChI is InChI=1S/C11H15ClN2O/c1-3-8-6-9(4-5-10(8)12)15-7(2)11(13)14/h4-7H,3H2,1-2H3,(H3,13,14). The summed E-state index contributed by atoms with van der Waals surface area (Å²) in [5.41, 5.74) is 6.35. The molecule has 82 valence electrons. The number of aryl methyl sites for hydroxylation is 1. The largest absolute Gasteiger partial charge is 0.483 e. The van der Waals surface area contributed by atoms with Crippen LogP contribution >= 0.6 is 11.6 Å². The Morgan fingerprint density at radius 2 is 2.27 bits per heavy atom. The molecule has 1 unspecified atom stereocenters. The molecule has 1 atom stereocenters. The summed E-state index contributed by atoms with van der Waals surface area (Å²) >= 11 is 5.97. The van der Waals surface area contributed by atoms with E-state index in [9.17, 15) is 0 Å². The lowest BCUT2D eigenvalue weighted by molar-refractivity contribution is 0.284. The van der Waals surface area contributed by atoms with Crippen molar-refractivity contribution in [3.05, 3.63) is 28.8 Å². The van der Waals surface area contributed by atoms with Crippen molar-refractivity contribution in [1.29, 1.82) is 5.41 Å². The molecule has 0 amide bonds. The molecule has 0 spiro atoms. The summed E-state index contributed by atoms with van der Waals surface area (Å²) < 4.78 is 5.47. The first-order chi connectivity index (χ1) is 7.04. The van der Waals surface area contributed by atoms with E-state index in [0.29, 0.717) is 5.75 Å². The van der Waals surface area contributed by atoms with Crippen LogP contribution in [0.4, 0.5) is 0 Å². The monoisotopic (exact) mass is 226 g/mol. The maximum atomic E-state index is 7.22. The minimum Gasteiger partial charge on any atom is -0.483 e. The number of ether oxygens (including phenoxy) is 1. The van der Waals surface area contributed by atoms with Crippen molar-refractivity contribution in [2.75, 3.05) is 0 Å². The fraction of sp³-hybridized carbons (Fsp3) is 0.364. The van der Waals surface area contributed by atoms with Gasteiger partial charge in [-0.2, -0.15) is 0 Å². The van der Waals surface area contributed by atoms with Crippen LogP contribution in [0.3, 0.4) is 0 Å². The second kappa shape index (κ2) is 5.03. The summed E-state index contributed by atoms with van der Waals surface area (Å²) in [5.74, 6) is 0.710.